The minimum Gasteiger partial charge on any atom is -0.208 e. The number of halogens is 3. The van der Waals surface area contributed by atoms with Gasteiger partial charge >= 0.3 is 6.18 Å². The quantitative estimate of drug-likeness (QED) is 0.178. The lowest BCUT2D eigenvalue weighted by Gasteiger charge is -2.19. The lowest BCUT2D eigenvalue weighted by molar-refractivity contribution is -0.137. The second-order valence-electron chi connectivity index (χ2n) is 11.5. The zero-order chi connectivity index (χ0) is 32.7. The van der Waals surface area contributed by atoms with Crippen LogP contribution in [0.25, 0.3) is 78.0 Å². The highest BCUT2D eigenvalue weighted by Gasteiger charge is 2.30. The molecular formula is C42H26F3N3. The summed E-state index contributed by atoms with van der Waals surface area (Å²) in [5, 5.41) is 3.96. The van der Waals surface area contributed by atoms with Crippen molar-refractivity contribution in [3.05, 3.63) is 163 Å². The molecule has 6 heteroatoms. The molecule has 230 valence electrons. The number of hydrogen-bond donors (Lipinski definition) is 0. The van der Waals surface area contributed by atoms with E-state index in [4.69, 9.17) is 15.0 Å². The van der Waals surface area contributed by atoms with Crippen LogP contribution in [0.5, 0.6) is 0 Å². The molecule has 0 atom stereocenters. The molecule has 0 aliphatic heterocycles. The number of benzene rings is 7. The average Bonchev–Trinajstić information content (AvgIpc) is 3.14. The highest BCUT2D eigenvalue weighted by molar-refractivity contribution is 6.21. The maximum absolute atomic E-state index is 13.4. The highest BCUT2D eigenvalue weighted by atomic mass is 19.4. The molecule has 0 aliphatic rings. The maximum atomic E-state index is 13.4. The summed E-state index contributed by atoms with van der Waals surface area (Å²) < 4.78 is 40.1. The van der Waals surface area contributed by atoms with Crippen molar-refractivity contribution in [1.82, 2.24) is 15.0 Å². The number of fused-ring (bicyclic) bond motifs is 3. The molecule has 0 amide bonds. The normalized spacial score (nSPS) is 11.6. The minimum atomic E-state index is -4.40. The summed E-state index contributed by atoms with van der Waals surface area (Å²) in [6, 6.07) is 49.4. The molecule has 0 radical (unpaired) electrons. The molecule has 7 aromatic carbocycles. The van der Waals surface area contributed by atoms with Crippen molar-refractivity contribution in [2.75, 3.05) is 0 Å². The van der Waals surface area contributed by atoms with Gasteiger partial charge in [0.2, 0.25) is 0 Å². The summed E-state index contributed by atoms with van der Waals surface area (Å²) in [6.45, 7) is 0. The Kier molecular flexibility index (Phi) is 7.26. The van der Waals surface area contributed by atoms with Gasteiger partial charge in [-0.2, -0.15) is 13.2 Å². The van der Waals surface area contributed by atoms with Gasteiger partial charge in [0.15, 0.2) is 17.5 Å². The van der Waals surface area contributed by atoms with E-state index in [1.54, 1.807) is 0 Å². The van der Waals surface area contributed by atoms with Crippen LogP contribution in [0.4, 0.5) is 13.2 Å². The number of aromatic nitrogens is 3. The van der Waals surface area contributed by atoms with Crippen LogP contribution in [0, 0.1) is 0 Å². The third-order valence-corrected chi connectivity index (χ3v) is 8.56. The van der Waals surface area contributed by atoms with Gasteiger partial charge < -0.3 is 0 Å². The number of nitrogens with zero attached hydrogens (tertiary/aromatic N) is 3. The first-order valence-corrected chi connectivity index (χ1v) is 15.5. The second kappa shape index (κ2) is 11.9. The van der Waals surface area contributed by atoms with E-state index in [-0.39, 0.29) is 0 Å². The van der Waals surface area contributed by atoms with Gasteiger partial charge in [-0.15, -0.1) is 0 Å². The predicted molar refractivity (Wildman–Crippen MR) is 187 cm³/mol. The Labute approximate surface area is 275 Å². The van der Waals surface area contributed by atoms with Gasteiger partial charge in [0.1, 0.15) is 0 Å². The van der Waals surface area contributed by atoms with E-state index in [1.165, 1.54) is 12.1 Å². The number of alkyl halides is 3. The van der Waals surface area contributed by atoms with E-state index in [0.717, 1.165) is 67.1 Å². The zero-order valence-electron chi connectivity index (χ0n) is 25.5. The molecule has 0 fully saturated rings. The van der Waals surface area contributed by atoms with Crippen LogP contribution >= 0.6 is 0 Å². The van der Waals surface area contributed by atoms with Crippen LogP contribution in [0.2, 0.25) is 0 Å². The van der Waals surface area contributed by atoms with Crippen molar-refractivity contribution in [3.63, 3.8) is 0 Å². The fourth-order valence-electron chi connectivity index (χ4n) is 6.28. The summed E-state index contributed by atoms with van der Waals surface area (Å²) in [7, 11) is 0. The molecule has 8 rings (SSSR count). The zero-order valence-corrected chi connectivity index (χ0v) is 25.5. The Bertz CT molecular complexity index is 2350. The van der Waals surface area contributed by atoms with Crippen LogP contribution in [-0.2, 0) is 6.18 Å². The van der Waals surface area contributed by atoms with Gasteiger partial charge in [-0.3, -0.25) is 0 Å². The first-order chi connectivity index (χ1) is 23.4. The predicted octanol–water partition coefficient (Wildman–Crippen LogP) is 11.5. The van der Waals surface area contributed by atoms with E-state index in [2.05, 4.69) is 36.4 Å². The van der Waals surface area contributed by atoms with Crippen molar-refractivity contribution in [2.24, 2.45) is 0 Å². The van der Waals surface area contributed by atoms with E-state index in [0.29, 0.717) is 23.0 Å². The molecule has 0 saturated heterocycles. The standard InChI is InChI=1S/C42H26F3N3/c43-42(44,45)32-23-20-27(21-24-32)31-22-25-34-33-18-10-11-19-35(33)38(37(36(34)26-31)28-12-4-1-5-13-28)41-47-39(29-14-6-2-7-15-29)46-40(48-41)30-16-8-3-9-17-30/h1-26H. The van der Waals surface area contributed by atoms with E-state index >= 15 is 0 Å². The smallest absolute Gasteiger partial charge is 0.208 e. The largest absolute Gasteiger partial charge is 0.416 e. The molecule has 8 aromatic rings. The van der Waals surface area contributed by atoms with Crippen LogP contribution in [-0.4, -0.2) is 15.0 Å². The first-order valence-electron chi connectivity index (χ1n) is 15.5. The Morgan fingerprint density at radius 2 is 0.792 bits per heavy atom. The topological polar surface area (TPSA) is 38.7 Å². The fraction of sp³-hybridized carbons (Fsp3) is 0.0238. The van der Waals surface area contributed by atoms with Crippen LogP contribution in [0.3, 0.4) is 0 Å². The third-order valence-electron chi connectivity index (χ3n) is 8.56. The molecule has 0 N–H and O–H groups in total. The molecule has 0 bridgehead atoms. The fourth-order valence-corrected chi connectivity index (χ4v) is 6.28. The van der Waals surface area contributed by atoms with Gasteiger partial charge in [0.25, 0.3) is 0 Å². The maximum Gasteiger partial charge on any atom is 0.416 e. The lowest BCUT2D eigenvalue weighted by Crippen LogP contribution is -2.04. The SMILES string of the molecule is FC(F)(F)c1ccc(-c2ccc3c(c2)c(-c2ccccc2)c(-c2nc(-c4ccccc4)nc(-c4ccccc4)n2)c2ccccc23)cc1. The Balaban J connectivity index is 1.47. The van der Waals surface area contributed by atoms with Gasteiger partial charge in [0.05, 0.1) is 5.56 Å². The first kappa shape index (κ1) is 29.3. The van der Waals surface area contributed by atoms with Crippen molar-refractivity contribution in [1.29, 1.82) is 0 Å². The Morgan fingerprint density at radius 3 is 1.35 bits per heavy atom. The number of hydrogen-bond acceptors (Lipinski definition) is 3. The summed E-state index contributed by atoms with van der Waals surface area (Å²) in [5.74, 6) is 1.64. The molecule has 1 aromatic heterocycles. The van der Waals surface area contributed by atoms with Gasteiger partial charge in [-0.05, 0) is 56.4 Å². The van der Waals surface area contributed by atoms with Gasteiger partial charge in [-0.25, -0.2) is 15.0 Å². The van der Waals surface area contributed by atoms with Gasteiger partial charge in [-0.1, -0.05) is 140 Å². The molecule has 0 spiro atoms. The molecule has 0 unspecified atom stereocenters. The third kappa shape index (κ3) is 5.37. The lowest BCUT2D eigenvalue weighted by atomic mass is 9.86. The summed E-state index contributed by atoms with van der Waals surface area (Å²) >= 11 is 0. The minimum absolute atomic E-state index is 0.527. The molecular weight excluding hydrogens is 603 g/mol. The molecule has 48 heavy (non-hydrogen) atoms. The number of rotatable bonds is 5. The Hall–Kier alpha value is -6.14. The van der Waals surface area contributed by atoms with Crippen molar-refractivity contribution < 1.29 is 13.2 Å². The van der Waals surface area contributed by atoms with Crippen LogP contribution in [0.1, 0.15) is 5.56 Å². The van der Waals surface area contributed by atoms with Crippen LogP contribution < -0.4 is 0 Å². The molecule has 1 heterocycles. The molecule has 3 nitrogen and oxygen atoms in total. The summed E-state index contributed by atoms with van der Waals surface area (Å²) in [5.41, 5.74) is 5.31. The molecule has 0 aliphatic carbocycles. The van der Waals surface area contributed by atoms with E-state index < -0.39 is 11.7 Å². The van der Waals surface area contributed by atoms with Crippen molar-refractivity contribution in [3.8, 4) is 56.4 Å². The second-order valence-corrected chi connectivity index (χ2v) is 11.5. The van der Waals surface area contributed by atoms with E-state index in [9.17, 15) is 13.2 Å². The summed E-state index contributed by atoms with van der Waals surface area (Å²) in [4.78, 5) is 15.2. The summed E-state index contributed by atoms with van der Waals surface area (Å²) in [6.07, 6.45) is -4.40. The Morgan fingerprint density at radius 1 is 0.333 bits per heavy atom. The molecule has 0 saturated carbocycles. The van der Waals surface area contributed by atoms with Crippen molar-refractivity contribution in [2.45, 2.75) is 6.18 Å². The average molecular weight is 630 g/mol. The monoisotopic (exact) mass is 629 g/mol. The van der Waals surface area contributed by atoms with E-state index in [1.807, 2.05) is 97.1 Å². The van der Waals surface area contributed by atoms with Gasteiger partial charge in [0, 0.05) is 22.3 Å². The van der Waals surface area contributed by atoms with Crippen LogP contribution in [0.15, 0.2) is 158 Å². The highest BCUT2D eigenvalue weighted by Crippen LogP contribution is 2.45. The van der Waals surface area contributed by atoms with Crippen molar-refractivity contribution >= 4 is 21.5 Å².